The Morgan fingerprint density at radius 3 is 2.35 bits per heavy atom. The van der Waals surface area contributed by atoms with E-state index in [0.29, 0.717) is 12.0 Å². The Bertz CT molecular complexity index is 2700. The molecule has 3 aromatic carbocycles. The van der Waals surface area contributed by atoms with Gasteiger partial charge in [-0.1, -0.05) is 48.5 Å². The topological polar surface area (TPSA) is 328 Å². The number of carbonyl (C=O) groups excluding carboxylic acids is 8. The Morgan fingerprint density at radius 1 is 0.903 bits per heavy atom. The van der Waals surface area contributed by atoms with Crippen molar-refractivity contribution in [3.63, 3.8) is 0 Å². The van der Waals surface area contributed by atoms with E-state index < -0.39 is 156 Å². The van der Waals surface area contributed by atoms with Crippen molar-refractivity contribution >= 4 is 47.1 Å². The highest BCUT2D eigenvalue weighted by atomic mass is 16.7. The van der Waals surface area contributed by atoms with Crippen molar-refractivity contribution in [1.29, 1.82) is 0 Å². The molecule has 5 amide bonds. The van der Waals surface area contributed by atoms with Crippen LogP contribution in [0.1, 0.15) is 106 Å². The van der Waals surface area contributed by atoms with Crippen LogP contribution in [0.5, 0.6) is 11.5 Å². The summed E-state index contributed by atoms with van der Waals surface area (Å²) >= 11 is 0. The van der Waals surface area contributed by atoms with Gasteiger partial charge in [0, 0.05) is 54.5 Å². The summed E-state index contributed by atoms with van der Waals surface area (Å²) < 4.78 is 17.6. The summed E-state index contributed by atoms with van der Waals surface area (Å²) in [4.78, 5) is 110. The number of hydrogen-bond acceptors (Lipinski definition) is 17. The largest absolute Gasteiger partial charge is 0.507 e. The fourth-order valence-electron chi connectivity index (χ4n) is 10.4. The summed E-state index contributed by atoms with van der Waals surface area (Å²) in [5, 5.41) is 74.3. The molecular weight excluding hydrogens is 943 g/mol. The molecule has 72 heavy (non-hydrogen) atoms. The van der Waals surface area contributed by atoms with Gasteiger partial charge in [-0.2, -0.15) is 0 Å². The molecule has 0 spiro atoms. The number of β-amino-alcohol motifs (C(OH)–C–C–N with tert-alkyl or cyclic N) is 1. The number of likely N-dealkylation sites (tertiary alicyclic amines) is 2. The van der Waals surface area contributed by atoms with Gasteiger partial charge in [0.05, 0.1) is 48.6 Å². The first kappa shape index (κ1) is 51.5. The molecule has 22 heteroatoms. The molecule has 3 aliphatic heterocycles. The van der Waals surface area contributed by atoms with E-state index in [4.69, 9.17) is 14.2 Å². The molecule has 0 aromatic heterocycles. The fraction of sp³-hybridized carbons (Fsp3) is 0.480. The van der Waals surface area contributed by atoms with Crippen molar-refractivity contribution in [2.45, 2.75) is 126 Å². The number of aliphatic hydroxyl groups is 4. The lowest BCUT2D eigenvalue weighted by Gasteiger charge is -2.43. The number of aromatic hydroxyl groups is 2. The van der Waals surface area contributed by atoms with E-state index in [1.165, 1.54) is 24.8 Å². The molecule has 3 heterocycles. The third-order valence-electron chi connectivity index (χ3n) is 14.2. The number of phenolic OH excluding ortho intramolecular Hbond substituents is 2. The number of benzene rings is 3. The number of nitrogens with one attached hydrogen (secondary N) is 3. The molecule has 384 valence electrons. The number of amides is 5. The second-order valence-electron chi connectivity index (χ2n) is 19.0. The molecule has 4 unspecified atom stereocenters. The Labute approximate surface area is 412 Å². The van der Waals surface area contributed by atoms with Crippen LogP contribution in [0.15, 0.2) is 48.5 Å². The van der Waals surface area contributed by atoms with E-state index in [2.05, 4.69) is 16.0 Å². The Kier molecular flexibility index (Phi) is 14.8. The van der Waals surface area contributed by atoms with Crippen molar-refractivity contribution in [2.75, 3.05) is 26.2 Å². The standard InChI is InChI=1S/C50H57N5O17/c1-23-9-7-12-28-37(23)44(63)40-39(42(28)61)43(62)29-17-50(69,34(58)21-56)18-33(38(29)45(40)64)72-36-16-30(41(60)25(3)71-36)53-47(66)31-13-8-14-54(31)35(59)19-51-46(65)24(2)52-48(67)32-15-27(57)20-55(32)49(68)70-22-26-10-5-4-6-11-26/h4-7,9-12,24-25,27,30-33,36,41,56-57,60,62,64,69H,8,13-22H2,1-3H3,(H,51,65)(H,52,67)(H,53,66)/t24-,25?,27+,30?,31-,32-,33-,36?,41?,50-/m0/s1. The Balaban J connectivity index is 0.906. The number of phenols is 2. The molecular formula is C50H57N5O17. The van der Waals surface area contributed by atoms with E-state index in [9.17, 15) is 69.0 Å². The molecule has 8 rings (SSSR count). The Morgan fingerprint density at radius 2 is 1.62 bits per heavy atom. The van der Waals surface area contributed by atoms with Gasteiger partial charge in [-0.3, -0.25) is 38.5 Å². The molecule has 0 bridgehead atoms. The summed E-state index contributed by atoms with van der Waals surface area (Å²) in [5.74, 6) is -6.88. The minimum absolute atomic E-state index is 0.0149. The summed E-state index contributed by atoms with van der Waals surface area (Å²) in [6, 6.07) is 8.96. The number of hydrogen-bond donors (Lipinski definition) is 9. The lowest BCUT2D eigenvalue weighted by atomic mass is 9.71. The molecule has 2 aliphatic carbocycles. The second-order valence-corrected chi connectivity index (χ2v) is 19.0. The van der Waals surface area contributed by atoms with E-state index >= 15 is 0 Å². The highest BCUT2D eigenvalue weighted by Crippen LogP contribution is 2.52. The predicted octanol–water partition coefficient (Wildman–Crippen LogP) is -0.157. The van der Waals surface area contributed by atoms with E-state index in [1.807, 2.05) is 0 Å². The van der Waals surface area contributed by atoms with Crippen LogP contribution >= 0.6 is 0 Å². The third kappa shape index (κ3) is 9.89. The molecule has 22 nitrogen and oxygen atoms in total. The van der Waals surface area contributed by atoms with Crippen LogP contribution in [-0.4, -0.2) is 168 Å². The minimum Gasteiger partial charge on any atom is -0.507 e. The summed E-state index contributed by atoms with van der Waals surface area (Å²) in [7, 11) is 0. The number of ketones is 3. The lowest BCUT2D eigenvalue weighted by Crippen LogP contribution is -2.59. The number of Topliss-reactive ketones (excluding diaryl/α,β-unsaturated/α-hetero) is 1. The van der Waals surface area contributed by atoms with Crippen LogP contribution in [-0.2, 0) is 51.2 Å². The van der Waals surface area contributed by atoms with Crippen molar-refractivity contribution in [1.82, 2.24) is 25.8 Å². The lowest BCUT2D eigenvalue weighted by molar-refractivity contribution is -0.249. The van der Waals surface area contributed by atoms with Crippen LogP contribution in [0, 0.1) is 6.92 Å². The van der Waals surface area contributed by atoms with Crippen molar-refractivity contribution < 1.29 is 83.2 Å². The van der Waals surface area contributed by atoms with Crippen molar-refractivity contribution in [3.05, 3.63) is 93.0 Å². The second kappa shape index (κ2) is 20.7. The number of aryl methyl sites for hydroxylation is 1. The zero-order chi connectivity index (χ0) is 51.9. The van der Waals surface area contributed by atoms with Crippen molar-refractivity contribution in [2.24, 2.45) is 0 Å². The van der Waals surface area contributed by atoms with Crippen LogP contribution in [0.4, 0.5) is 4.79 Å². The van der Waals surface area contributed by atoms with Gasteiger partial charge in [-0.25, -0.2) is 4.79 Å². The van der Waals surface area contributed by atoms with Gasteiger partial charge in [0.1, 0.15) is 54.5 Å². The van der Waals surface area contributed by atoms with Crippen LogP contribution in [0.3, 0.4) is 0 Å². The maximum absolute atomic E-state index is 14.0. The van der Waals surface area contributed by atoms with Gasteiger partial charge in [0.15, 0.2) is 23.6 Å². The number of aliphatic hydroxyl groups excluding tert-OH is 3. The number of fused-ring (bicyclic) bond motifs is 3. The first-order valence-electron chi connectivity index (χ1n) is 23.7. The maximum atomic E-state index is 14.0. The van der Waals surface area contributed by atoms with Gasteiger partial charge < -0.3 is 65.7 Å². The van der Waals surface area contributed by atoms with Crippen molar-refractivity contribution in [3.8, 4) is 11.5 Å². The number of carbonyl (C=O) groups is 8. The van der Waals surface area contributed by atoms with Gasteiger partial charge >= 0.3 is 6.09 Å². The maximum Gasteiger partial charge on any atom is 0.410 e. The van der Waals surface area contributed by atoms with Gasteiger partial charge in [0.25, 0.3) is 0 Å². The molecule has 3 fully saturated rings. The summed E-state index contributed by atoms with van der Waals surface area (Å²) in [6.45, 7) is 2.71. The first-order valence-corrected chi connectivity index (χ1v) is 23.7. The summed E-state index contributed by atoms with van der Waals surface area (Å²) in [5.41, 5.74) is -2.80. The van der Waals surface area contributed by atoms with Gasteiger partial charge in [-0.15, -0.1) is 0 Å². The molecule has 3 aromatic rings. The van der Waals surface area contributed by atoms with Crippen LogP contribution in [0.25, 0.3) is 0 Å². The fourth-order valence-corrected chi connectivity index (χ4v) is 10.4. The van der Waals surface area contributed by atoms with E-state index in [1.54, 1.807) is 49.4 Å². The normalized spacial score (nSPS) is 27.0. The average Bonchev–Trinajstić information content (AvgIpc) is 4.02. The smallest absolute Gasteiger partial charge is 0.410 e. The van der Waals surface area contributed by atoms with Gasteiger partial charge in [0.2, 0.25) is 23.6 Å². The molecule has 0 saturated carbocycles. The minimum atomic E-state index is -2.40. The summed E-state index contributed by atoms with van der Waals surface area (Å²) in [6.07, 6.45) is -8.12. The predicted molar refractivity (Wildman–Crippen MR) is 247 cm³/mol. The van der Waals surface area contributed by atoms with Crippen LogP contribution < -0.4 is 16.0 Å². The monoisotopic (exact) mass is 999 g/mol. The molecule has 5 aliphatic rings. The molecule has 0 radical (unpaired) electrons. The number of ether oxygens (including phenoxy) is 3. The molecule has 3 saturated heterocycles. The van der Waals surface area contributed by atoms with E-state index in [-0.39, 0.29) is 61.2 Å². The zero-order valence-electron chi connectivity index (χ0n) is 39.7. The first-order chi connectivity index (χ1) is 34.2. The molecule has 9 N–H and O–H groups in total. The van der Waals surface area contributed by atoms with Gasteiger partial charge in [-0.05, 0) is 44.7 Å². The van der Waals surface area contributed by atoms with E-state index in [0.717, 1.165) is 10.5 Å². The quantitative estimate of drug-likeness (QED) is 0.0786. The highest BCUT2D eigenvalue weighted by molar-refractivity contribution is 6.31. The molecule has 10 atom stereocenters. The number of nitrogens with zero attached hydrogens (tertiary/aromatic N) is 2. The number of rotatable bonds is 13. The SMILES string of the molecule is Cc1cccc2c1C(=O)c1c(O)c3c(c(O)c1C2=O)C[C@@](O)(C(=O)CO)C[C@@H]3OC1CC(NC(=O)[C@@H]2CCCN2C(=O)CNC(=O)[C@H](C)NC(=O)[C@@H]2C[C@@H](O)CN2C(=O)OCc2ccccc2)C(O)C(C)O1. The third-order valence-corrected chi connectivity index (χ3v) is 14.2. The average molecular weight is 1000 g/mol. The highest BCUT2D eigenvalue weighted by Gasteiger charge is 2.51. The van der Waals surface area contributed by atoms with Crippen LogP contribution in [0.2, 0.25) is 0 Å². The Hall–Kier alpha value is -6.82. The zero-order valence-corrected chi connectivity index (χ0v) is 39.7.